The lowest BCUT2D eigenvalue weighted by Gasteiger charge is -2.43. The maximum Gasteiger partial charge on any atom is 0.303 e. The van der Waals surface area contributed by atoms with E-state index < -0.39 is 73.2 Å². The SMILES string of the molecule is CC(=O)OC[C@H]1O[C@@H](N=[N+]=[N-])[C@H](NS(=O)(=O)CC[Si](C)(C)C)[C@@H](OC(C)=O)[C@@H]1OC(C)=O. The van der Waals surface area contributed by atoms with Crippen molar-refractivity contribution in [3.05, 3.63) is 10.4 Å². The Balaban J connectivity index is 3.37. The number of nitrogens with zero attached hydrogens (tertiary/aromatic N) is 3. The predicted octanol–water partition coefficient (Wildman–Crippen LogP) is 1.07. The number of azide groups is 1. The van der Waals surface area contributed by atoms with Crippen molar-refractivity contribution in [3.63, 3.8) is 0 Å². The van der Waals surface area contributed by atoms with E-state index in [1.54, 1.807) is 0 Å². The second-order valence-electron chi connectivity index (χ2n) is 8.49. The summed E-state index contributed by atoms with van der Waals surface area (Å²) in [6.07, 6.45) is -5.42. The Hall–Kier alpha value is -2.19. The highest BCUT2D eigenvalue weighted by molar-refractivity contribution is 7.89. The van der Waals surface area contributed by atoms with Crippen molar-refractivity contribution in [1.82, 2.24) is 4.72 Å². The van der Waals surface area contributed by atoms with Gasteiger partial charge in [-0.05, 0) is 11.6 Å². The Bertz CT molecular complexity index is 855. The standard InChI is InChI=1S/C17H30N4O9SSi/c1-10(22)27-9-13-15(28-11(2)23)16(29-12(3)24)14(17(30-13)19-21-18)20-31(25,26)7-8-32(4,5)6/h13-17,20H,7-9H2,1-6H3/t13-,14-,15-,16-,17-/m1/s1. The molecule has 0 saturated carbocycles. The summed E-state index contributed by atoms with van der Waals surface area (Å²) in [7, 11) is -5.64. The highest BCUT2D eigenvalue weighted by Crippen LogP contribution is 2.28. The molecule has 0 aromatic heterocycles. The van der Waals surface area contributed by atoms with E-state index in [0.29, 0.717) is 6.04 Å². The molecule has 1 N–H and O–H groups in total. The van der Waals surface area contributed by atoms with E-state index in [1.165, 1.54) is 0 Å². The maximum atomic E-state index is 12.8. The summed E-state index contributed by atoms with van der Waals surface area (Å²) in [5.41, 5.74) is 8.96. The number of rotatable bonds is 10. The molecule has 0 radical (unpaired) electrons. The van der Waals surface area contributed by atoms with E-state index in [2.05, 4.69) is 14.7 Å². The number of hydrogen-bond acceptors (Lipinski definition) is 10. The van der Waals surface area contributed by atoms with Crippen LogP contribution in [0.3, 0.4) is 0 Å². The van der Waals surface area contributed by atoms with Gasteiger partial charge in [-0.25, -0.2) is 13.1 Å². The summed E-state index contributed by atoms with van der Waals surface area (Å²) in [5, 5.41) is 3.47. The van der Waals surface area contributed by atoms with Crippen molar-refractivity contribution >= 4 is 36.0 Å². The molecule has 0 aliphatic carbocycles. The number of carbonyl (C=O) groups is 3. The van der Waals surface area contributed by atoms with Gasteiger partial charge in [-0.3, -0.25) is 14.4 Å². The molecule has 0 unspecified atom stereocenters. The molecule has 0 aromatic rings. The van der Waals surface area contributed by atoms with Gasteiger partial charge in [0.25, 0.3) is 0 Å². The summed E-state index contributed by atoms with van der Waals surface area (Å²) >= 11 is 0. The van der Waals surface area contributed by atoms with Gasteiger partial charge in [0.1, 0.15) is 12.7 Å². The van der Waals surface area contributed by atoms with Gasteiger partial charge in [0.05, 0.1) is 11.8 Å². The summed E-state index contributed by atoms with van der Waals surface area (Å²) < 4.78 is 49.0. The van der Waals surface area contributed by atoms with Gasteiger partial charge in [-0.2, -0.15) is 0 Å². The number of sulfonamides is 1. The van der Waals surface area contributed by atoms with Crippen LogP contribution in [0.5, 0.6) is 0 Å². The zero-order chi connectivity index (χ0) is 24.7. The van der Waals surface area contributed by atoms with Gasteiger partial charge in [-0.15, -0.1) is 0 Å². The molecule has 1 aliphatic heterocycles. The third-order valence-corrected chi connectivity index (χ3v) is 7.81. The fourth-order valence-electron chi connectivity index (χ4n) is 2.90. The van der Waals surface area contributed by atoms with Crippen molar-refractivity contribution < 1.29 is 41.7 Å². The predicted molar refractivity (Wildman–Crippen MR) is 114 cm³/mol. The quantitative estimate of drug-likeness (QED) is 0.116. The van der Waals surface area contributed by atoms with Gasteiger partial charge in [-0.1, -0.05) is 24.8 Å². The maximum absolute atomic E-state index is 12.8. The van der Waals surface area contributed by atoms with Crippen LogP contribution in [0.4, 0.5) is 0 Å². The lowest BCUT2D eigenvalue weighted by molar-refractivity contribution is -0.220. The first-order chi connectivity index (χ1) is 14.6. The number of nitrogens with one attached hydrogen (secondary N) is 1. The molecule has 1 fully saturated rings. The van der Waals surface area contributed by atoms with E-state index in [0.717, 1.165) is 20.8 Å². The normalized spacial score (nSPS) is 25.9. The van der Waals surface area contributed by atoms with Crippen molar-refractivity contribution in [1.29, 1.82) is 0 Å². The van der Waals surface area contributed by atoms with Gasteiger partial charge in [0, 0.05) is 33.8 Å². The highest BCUT2D eigenvalue weighted by atomic mass is 32.2. The van der Waals surface area contributed by atoms with E-state index in [-0.39, 0.29) is 5.75 Å². The number of carbonyl (C=O) groups excluding carboxylic acids is 3. The molecule has 1 aliphatic rings. The number of esters is 3. The van der Waals surface area contributed by atoms with Gasteiger partial charge < -0.3 is 18.9 Å². The molecule has 182 valence electrons. The minimum Gasteiger partial charge on any atom is -0.463 e. The molecule has 0 spiro atoms. The molecule has 15 heteroatoms. The highest BCUT2D eigenvalue weighted by Gasteiger charge is 2.51. The van der Waals surface area contributed by atoms with Crippen LogP contribution in [0.1, 0.15) is 20.8 Å². The Morgan fingerprint density at radius 1 is 1.06 bits per heavy atom. The fourth-order valence-corrected chi connectivity index (χ4v) is 7.21. The zero-order valence-corrected chi connectivity index (χ0v) is 20.7. The largest absolute Gasteiger partial charge is 0.463 e. The third kappa shape index (κ3) is 9.52. The van der Waals surface area contributed by atoms with Gasteiger partial charge >= 0.3 is 17.9 Å². The average Bonchev–Trinajstić information content (AvgIpc) is 2.62. The minimum absolute atomic E-state index is 0.204. The van der Waals surface area contributed by atoms with Crippen molar-refractivity contribution in [2.45, 2.75) is 77.0 Å². The van der Waals surface area contributed by atoms with Crippen LogP contribution in [-0.4, -0.2) is 77.3 Å². The number of hydrogen-bond donors (Lipinski definition) is 1. The molecule has 1 rings (SSSR count). The Kier molecular flexibility index (Phi) is 10.1. The van der Waals surface area contributed by atoms with Crippen LogP contribution >= 0.6 is 0 Å². The monoisotopic (exact) mass is 494 g/mol. The van der Waals surface area contributed by atoms with Crippen LogP contribution in [0.15, 0.2) is 5.11 Å². The fraction of sp³-hybridized carbons (Fsp3) is 0.824. The molecule has 13 nitrogen and oxygen atoms in total. The molecule has 0 aromatic carbocycles. The first-order valence-electron chi connectivity index (χ1n) is 9.82. The van der Waals surface area contributed by atoms with Crippen molar-refractivity contribution in [3.8, 4) is 0 Å². The first kappa shape index (κ1) is 27.8. The van der Waals surface area contributed by atoms with Crippen molar-refractivity contribution in [2.75, 3.05) is 12.4 Å². The van der Waals surface area contributed by atoms with Crippen LogP contribution in [0.2, 0.25) is 25.7 Å². The molecule has 32 heavy (non-hydrogen) atoms. The molecule has 0 bridgehead atoms. The van der Waals surface area contributed by atoms with E-state index in [4.69, 9.17) is 24.5 Å². The Morgan fingerprint density at radius 2 is 1.62 bits per heavy atom. The minimum atomic E-state index is -3.93. The molecule has 1 saturated heterocycles. The van der Waals surface area contributed by atoms with E-state index in [9.17, 15) is 22.8 Å². The summed E-state index contributed by atoms with van der Waals surface area (Å²) in [6.45, 7) is 8.93. The lowest BCUT2D eigenvalue weighted by Crippen LogP contribution is -2.65. The summed E-state index contributed by atoms with van der Waals surface area (Å²) in [6, 6.07) is -0.942. The first-order valence-corrected chi connectivity index (χ1v) is 15.2. The molecular formula is C17H30N4O9SSi. The zero-order valence-electron chi connectivity index (χ0n) is 18.9. The van der Waals surface area contributed by atoms with E-state index >= 15 is 0 Å². The van der Waals surface area contributed by atoms with Crippen LogP contribution < -0.4 is 4.72 Å². The van der Waals surface area contributed by atoms with Crippen LogP contribution in [-0.2, 0) is 43.4 Å². The molecular weight excluding hydrogens is 464 g/mol. The third-order valence-electron chi connectivity index (χ3n) is 4.32. The summed E-state index contributed by atoms with van der Waals surface area (Å²) in [4.78, 5) is 37.4. The second kappa shape index (κ2) is 11.6. The Labute approximate surface area is 187 Å². The average molecular weight is 495 g/mol. The van der Waals surface area contributed by atoms with Crippen molar-refractivity contribution in [2.24, 2.45) is 5.11 Å². The lowest BCUT2D eigenvalue weighted by atomic mass is 9.96. The molecule has 5 atom stereocenters. The van der Waals surface area contributed by atoms with Gasteiger partial charge in [0.2, 0.25) is 10.0 Å². The molecule has 0 amide bonds. The van der Waals surface area contributed by atoms with Crippen LogP contribution in [0.25, 0.3) is 10.4 Å². The smallest absolute Gasteiger partial charge is 0.303 e. The number of ether oxygens (including phenoxy) is 4. The topological polar surface area (TPSA) is 183 Å². The second-order valence-corrected chi connectivity index (χ2v) is 16.0. The van der Waals surface area contributed by atoms with Gasteiger partial charge in [0.15, 0.2) is 18.4 Å². The van der Waals surface area contributed by atoms with E-state index in [1.807, 2.05) is 19.6 Å². The summed E-state index contributed by atoms with van der Waals surface area (Å²) in [5.74, 6) is -2.43. The molecule has 1 heterocycles. The Morgan fingerprint density at radius 3 is 2.09 bits per heavy atom. The van der Waals surface area contributed by atoms with Crippen LogP contribution in [0, 0.1) is 0 Å².